The first kappa shape index (κ1) is 32.9. The molecule has 10 nitrogen and oxygen atoms in total. The zero-order chi connectivity index (χ0) is 33.2. The number of carbonyl (C=O) groups excluding carboxylic acids is 4. The maximum Gasteiger partial charge on any atom is 0.269 e. The minimum Gasteiger partial charge on any atom is -0.370 e. The van der Waals surface area contributed by atoms with Crippen LogP contribution in [0.5, 0.6) is 0 Å². The first-order valence-corrected chi connectivity index (χ1v) is 15.6. The Bertz CT molecular complexity index is 1800. The fourth-order valence-corrected chi connectivity index (χ4v) is 5.52. The van der Waals surface area contributed by atoms with E-state index in [4.69, 9.17) is 0 Å². The Hall–Kier alpha value is -5.48. The van der Waals surface area contributed by atoms with Crippen molar-refractivity contribution >= 4 is 56.7 Å². The summed E-state index contributed by atoms with van der Waals surface area (Å²) in [5.41, 5.74) is -0.0202. The van der Waals surface area contributed by atoms with Crippen molar-refractivity contribution in [3.05, 3.63) is 108 Å². The maximum atomic E-state index is 14.0. The molecule has 0 aliphatic rings. The molecule has 0 bridgehead atoms. The molecule has 5 aromatic rings. The van der Waals surface area contributed by atoms with Gasteiger partial charge in [0.15, 0.2) is 5.78 Å². The molecule has 3 aromatic carbocycles. The number of nitrogens with zero attached hydrogens (tertiary/aromatic N) is 2. The van der Waals surface area contributed by atoms with Gasteiger partial charge in [-0.15, -0.1) is 0 Å². The smallest absolute Gasteiger partial charge is 0.269 e. The first-order valence-electron chi connectivity index (χ1n) is 15.6. The van der Waals surface area contributed by atoms with Gasteiger partial charge in [-0.05, 0) is 48.7 Å². The molecule has 10 heteroatoms. The summed E-state index contributed by atoms with van der Waals surface area (Å²) < 4.78 is 0. The highest BCUT2D eigenvalue weighted by molar-refractivity contribution is 6.17. The van der Waals surface area contributed by atoms with Crippen LogP contribution in [0.25, 0.3) is 21.8 Å². The lowest BCUT2D eigenvalue weighted by Crippen LogP contribution is -2.48. The van der Waals surface area contributed by atoms with Crippen LogP contribution in [0.3, 0.4) is 0 Å². The normalized spacial score (nSPS) is 12.3. The largest absolute Gasteiger partial charge is 0.370 e. The molecule has 2 heterocycles. The number of aliphatic hydroxyl groups is 1. The number of amides is 3. The van der Waals surface area contributed by atoms with E-state index < -0.39 is 17.3 Å². The van der Waals surface area contributed by atoms with Crippen LogP contribution >= 0.6 is 0 Å². The van der Waals surface area contributed by atoms with Crippen molar-refractivity contribution in [2.75, 3.05) is 17.7 Å². The van der Waals surface area contributed by atoms with E-state index in [2.05, 4.69) is 25.9 Å². The van der Waals surface area contributed by atoms with Gasteiger partial charge in [0, 0.05) is 60.7 Å². The summed E-state index contributed by atoms with van der Waals surface area (Å²) in [6, 6.07) is 24.0. The molecule has 3 amide bonds. The molecule has 5 rings (SSSR count). The third kappa shape index (κ3) is 7.85. The Morgan fingerprint density at radius 3 is 1.96 bits per heavy atom. The molecular formula is C37H37N5O5. The van der Waals surface area contributed by atoms with Gasteiger partial charge in [0.05, 0.1) is 16.7 Å². The third-order valence-electron chi connectivity index (χ3n) is 8.10. The second-order valence-corrected chi connectivity index (χ2v) is 11.4. The Morgan fingerprint density at radius 2 is 1.28 bits per heavy atom. The Kier molecular flexibility index (Phi) is 10.6. The van der Waals surface area contributed by atoms with Gasteiger partial charge < -0.3 is 21.1 Å². The van der Waals surface area contributed by atoms with Crippen molar-refractivity contribution in [3.63, 3.8) is 0 Å². The second-order valence-electron chi connectivity index (χ2n) is 11.4. The molecule has 0 spiro atoms. The molecule has 0 fully saturated rings. The van der Waals surface area contributed by atoms with Gasteiger partial charge in [-0.25, -0.2) is 0 Å². The molecule has 0 aliphatic carbocycles. The summed E-state index contributed by atoms with van der Waals surface area (Å²) in [6.07, 6.45) is 6.88. The van der Waals surface area contributed by atoms with Crippen molar-refractivity contribution in [1.82, 2.24) is 15.3 Å². The number of Topliss-reactive ketones (excluding diaryl/α,β-unsaturated/α-hetero) is 1. The number of unbranched alkanes of at least 4 members (excludes halogenated alkanes) is 3. The third-order valence-corrected chi connectivity index (χ3v) is 8.10. The number of para-hydroxylation sites is 2. The number of nitrogens with one attached hydrogen (secondary N) is 3. The average molecular weight is 632 g/mol. The molecule has 47 heavy (non-hydrogen) atoms. The van der Waals surface area contributed by atoms with E-state index >= 15 is 0 Å². The summed E-state index contributed by atoms with van der Waals surface area (Å²) >= 11 is 0. The maximum absolute atomic E-state index is 14.0. The highest BCUT2D eigenvalue weighted by Gasteiger charge is 2.45. The summed E-state index contributed by atoms with van der Waals surface area (Å²) in [4.78, 5) is 60.7. The van der Waals surface area contributed by atoms with E-state index in [-0.39, 0.29) is 23.8 Å². The van der Waals surface area contributed by atoms with Gasteiger partial charge in [-0.2, -0.15) is 0 Å². The van der Waals surface area contributed by atoms with Crippen LogP contribution < -0.4 is 16.0 Å². The molecule has 240 valence electrons. The van der Waals surface area contributed by atoms with Crippen LogP contribution in [-0.4, -0.2) is 45.6 Å². The molecule has 2 aromatic heterocycles. The minimum atomic E-state index is -2.58. The number of rotatable bonds is 14. The summed E-state index contributed by atoms with van der Waals surface area (Å²) in [7, 11) is 1.61. The van der Waals surface area contributed by atoms with Gasteiger partial charge in [0.1, 0.15) is 0 Å². The van der Waals surface area contributed by atoms with E-state index in [0.29, 0.717) is 47.2 Å². The second kappa shape index (κ2) is 15.2. The number of aromatic nitrogens is 2. The Balaban J connectivity index is 1.35. The number of hydrogen-bond donors (Lipinski definition) is 4. The van der Waals surface area contributed by atoms with Gasteiger partial charge in [0.25, 0.3) is 5.91 Å². The molecule has 4 N–H and O–H groups in total. The molecule has 0 radical (unpaired) electrons. The lowest BCUT2D eigenvalue weighted by atomic mass is 9.84. The zero-order valence-corrected chi connectivity index (χ0v) is 26.2. The highest BCUT2D eigenvalue weighted by Crippen LogP contribution is 2.30. The van der Waals surface area contributed by atoms with Gasteiger partial charge >= 0.3 is 0 Å². The number of ketones is 1. The summed E-state index contributed by atoms with van der Waals surface area (Å²) in [5.74, 6) is -1.84. The lowest BCUT2D eigenvalue weighted by Gasteiger charge is -2.27. The molecule has 0 aliphatic heterocycles. The number of fused-ring (bicyclic) bond motifs is 2. The number of carbonyl (C=O) groups is 4. The van der Waals surface area contributed by atoms with E-state index in [1.165, 1.54) is 12.1 Å². The van der Waals surface area contributed by atoms with Crippen molar-refractivity contribution < 1.29 is 24.3 Å². The van der Waals surface area contributed by atoms with Gasteiger partial charge in [-0.3, -0.25) is 29.1 Å². The standard InChI is InChI=1S/C37H37N5O5/c1-38-32(44)16-4-2-3-5-17-33(45)41-29-20-18-28(19-21-29)37(47,31(43)24-27-12-6-10-25-13-8-22-39-34(25)27)36(46)42-30-15-7-11-26-14-9-23-40-35(26)30/h6-15,18-23,47H,2-5,16-17,24H2,1H3,(H,38,44)(H,41,45)(H,42,46). The number of benzene rings is 3. The Morgan fingerprint density at radius 1 is 0.681 bits per heavy atom. The molecule has 0 saturated heterocycles. The molecular weight excluding hydrogens is 594 g/mol. The molecule has 1 unspecified atom stereocenters. The molecule has 1 atom stereocenters. The topological polar surface area (TPSA) is 150 Å². The van der Waals surface area contributed by atoms with E-state index in [1.807, 2.05) is 24.3 Å². The zero-order valence-electron chi connectivity index (χ0n) is 26.2. The van der Waals surface area contributed by atoms with Crippen molar-refractivity contribution in [1.29, 1.82) is 0 Å². The summed E-state index contributed by atoms with van der Waals surface area (Å²) in [6.45, 7) is 0. The number of anilines is 2. The van der Waals surface area contributed by atoms with E-state index in [0.717, 1.165) is 30.0 Å². The quantitative estimate of drug-likeness (QED) is 0.0941. The van der Waals surface area contributed by atoms with E-state index in [1.54, 1.807) is 68.0 Å². The lowest BCUT2D eigenvalue weighted by molar-refractivity contribution is -0.149. The van der Waals surface area contributed by atoms with Crippen molar-refractivity contribution in [3.8, 4) is 0 Å². The molecule has 0 saturated carbocycles. The fraction of sp³-hybridized carbons (Fsp3) is 0.243. The average Bonchev–Trinajstić information content (AvgIpc) is 3.09. The van der Waals surface area contributed by atoms with Crippen LogP contribution in [0.4, 0.5) is 11.4 Å². The minimum absolute atomic E-state index is 0.00778. The highest BCUT2D eigenvalue weighted by atomic mass is 16.3. The van der Waals surface area contributed by atoms with E-state index in [9.17, 15) is 24.3 Å². The van der Waals surface area contributed by atoms with Crippen LogP contribution in [0, 0.1) is 0 Å². The van der Waals surface area contributed by atoms with Gasteiger partial charge in [0.2, 0.25) is 17.4 Å². The van der Waals surface area contributed by atoms with Crippen LogP contribution in [-0.2, 0) is 31.2 Å². The van der Waals surface area contributed by atoms with Crippen LogP contribution in [0.2, 0.25) is 0 Å². The number of pyridine rings is 2. The number of hydrogen-bond acceptors (Lipinski definition) is 7. The SMILES string of the molecule is CNC(=O)CCCCCCC(=O)Nc1ccc(C(O)(C(=O)Cc2cccc3cccnc23)C(=O)Nc2cccc3cccnc23)cc1. The monoisotopic (exact) mass is 631 g/mol. The summed E-state index contributed by atoms with van der Waals surface area (Å²) in [5, 5.41) is 21.9. The predicted molar refractivity (Wildman–Crippen MR) is 182 cm³/mol. The van der Waals surface area contributed by atoms with Gasteiger partial charge in [-0.1, -0.05) is 67.4 Å². The van der Waals surface area contributed by atoms with Crippen LogP contribution in [0.15, 0.2) is 97.3 Å². The fourth-order valence-electron chi connectivity index (χ4n) is 5.52. The Labute approximate surface area is 272 Å². The van der Waals surface area contributed by atoms with Crippen LogP contribution in [0.1, 0.15) is 49.7 Å². The van der Waals surface area contributed by atoms with Crippen molar-refractivity contribution in [2.45, 2.75) is 50.5 Å². The predicted octanol–water partition coefficient (Wildman–Crippen LogP) is 5.45. The first-order chi connectivity index (χ1) is 22.8. The van der Waals surface area contributed by atoms with Crippen molar-refractivity contribution in [2.24, 2.45) is 0 Å².